The van der Waals surface area contributed by atoms with Crippen molar-refractivity contribution in [1.82, 2.24) is 31.9 Å². The zero-order valence-corrected chi connectivity index (χ0v) is 18.4. The van der Waals surface area contributed by atoms with Crippen LogP contribution in [0.2, 0.25) is 0 Å². The highest BCUT2D eigenvalue weighted by Crippen LogP contribution is 2.23. The minimum atomic E-state index is -0.281. The smallest absolute Gasteiger partial charge is 0.0533 e. The van der Waals surface area contributed by atoms with Gasteiger partial charge in [-0.15, -0.1) is 0 Å². The van der Waals surface area contributed by atoms with Gasteiger partial charge >= 0.3 is 0 Å². The zero-order valence-electron chi connectivity index (χ0n) is 18.4. The number of aryl methyl sites for hydroxylation is 1. The van der Waals surface area contributed by atoms with E-state index in [1.165, 1.54) is 5.56 Å². The molecule has 3 heterocycles. The van der Waals surface area contributed by atoms with Crippen molar-refractivity contribution in [3.8, 4) is 0 Å². The van der Waals surface area contributed by atoms with Gasteiger partial charge in [-0.3, -0.25) is 0 Å². The highest BCUT2D eigenvalue weighted by Gasteiger charge is 2.30. The maximum atomic E-state index is 6.67. The molecule has 10 N–H and O–H groups in total. The number of hydrogen-bond acceptors (Lipinski definition) is 8. The molecule has 0 aromatic heterocycles. The first-order chi connectivity index (χ1) is 14.6. The standard InChI is InChI=1S/C22H42N8/c23-20-3-1-19(2-4-20)5-6-21-13-25-7-10-28-16-22(24,17-29-11-8-26-14-21)18-30-12-9-27-15-21/h1-4,25-30H,5-18,23-24H2. The van der Waals surface area contributed by atoms with Gasteiger partial charge in [-0.1, -0.05) is 12.1 Å². The van der Waals surface area contributed by atoms with Gasteiger partial charge in [-0.05, 0) is 30.5 Å². The van der Waals surface area contributed by atoms with E-state index in [0.717, 1.165) is 97.1 Å². The lowest BCUT2D eigenvalue weighted by atomic mass is 9.81. The monoisotopic (exact) mass is 418 g/mol. The molecule has 8 nitrogen and oxygen atoms in total. The predicted molar refractivity (Wildman–Crippen MR) is 126 cm³/mol. The van der Waals surface area contributed by atoms with E-state index in [9.17, 15) is 0 Å². The number of anilines is 1. The van der Waals surface area contributed by atoms with E-state index < -0.39 is 0 Å². The molecule has 3 saturated heterocycles. The van der Waals surface area contributed by atoms with Crippen LogP contribution in [0.25, 0.3) is 0 Å². The number of hydrogen-bond donors (Lipinski definition) is 8. The van der Waals surface area contributed by atoms with Gasteiger partial charge < -0.3 is 43.4 Å². The van der Waals surface area contributed by atoms with E-state index in [4.69, 9.17) is 11.5 Å². The molecule has 0 spiro atoms. The summed E-state index contributed by atoms with van der Waals surface area (Å²) in [5, 5.41) is 21.8. The van der Waals surface area contributed by atoms with Gasteiger partial charge in [-0.25, -0.2) is 0 Å². The molecule has 1 aromatic carbocycles. The minimum Gasteiger partial charge on any atom is -0.399 e. The third-order valence-corrected chi connectivity index (χ3v) is 6.29. The molecule has 0 atom stereocenters. The summed E-state index contributed by atoms with van der Waals surface area (Å²) in [6.45, 7) is 11.0. The Labute approximate surface area is 181 Å². The summed E-state index contributed by atoms with van der Waals surface area (Å²) >= 11 is 0. The molecule has 8 heteroatoms. The van der Waals surface area contributed by atoms with E-state index in [2.05, 4.69) is 44.0 Å². The lowest BCUT2D eigenvalue weighted by molar-refractivity contribution is 0.223. The number of rotatable bonds is 3. The highest BCUT2D eigenvalue weighted by molar-refractivity contribution is 5.39. The molecule has 30 heavy (non-hydrogen) atoms. The summed E-state index contributed by atoms with van der Waals surface area (Å²) in [5.74, 6) is 0. The molecule has 3 aliphatic rings. The van der Waals surface area contributed by atoms with Crippen molar-refractivity contribution in [2.45, 2.75) is 18.4 Å². The first-order valence-electron chi connectivity index (χ1n) is 11.5. The van der Waals surface area contributed by atoms with Crippen molar-refractivity contribution < 1.29 is 0 Å². The van der Waals surface area contributed by atoms with Gasteiger partial charge in [0.1, 0.15) is 0 Å². The van der Waals surface area contributed by atoms with Crippen LogP contribution in [0.1, 0.15) is 12.0 Å². The molecule has 0 aliphatic carbocycles. The van der Waals surface area contributed by atoms with E-state index in [-0.39, 0.29) is 11.0 Å². The quantitative estimate of drug-likeness (QED) is 0.278. The average molecular weight is 419 g/mol. The molecule has 3 fully saturated rings. The maximum Gasteiger partial charge on any atom is 0.0533 e. The van der Waals surface area contributed by atoms with Crippen LogP contribution in [-0.2, 0) is 6.42 Å². The van der Waals surface area contributed by atoms with Gasteiger partial charge in [0.15, 0.2) is 0 Å². The first-order valence-corrected chi connectivity index (χ1v) is 11.5. The Bertz CT molecular complexity index is 562. The van der Waals surface area contributed by atoms with Crippen LogP contribution in [0.15, 0.2) is 24.3 Å². The Hall–Kier alpha value is -1.26. The molecule has 0 saturated carbocycles. The summed E-state index contributed by atoms with van der Waals surface area (Å²) in [7, 11) is 0. The minimum absolute atomic E-state index is 0.146. The van der Waals surface area contributed by atoms with Crippen molar-refractivity contribution in [2.24, 2.45) is 11.1 Å². The van der Waals surface area contributed by atoms with E-state index in [1.54, 1.807) is 0 Å². The molecule has 4 rings (SSSR count). The Morgan fingerprint density at radius 1 is 0.633 bits per heavy atom. The molecule has 0 radical (unpaired) electrons. The predicted octanol–water partition coefficient (Wildman–Crippen LogP) is -1.55. The molecule has 170 valence electrons. The molecular weight excluding hydrogens is 376 g/mol. The molecule has 2 bridgehead atoms. The lowest BCUT2D eigenvalue weighted by Gasteiger charge is -2.37. The number of nitrogen functional groups attached to an aromatic ring is 1. The third kappa shape index (κ3) is 7.77. The molecule has 0 unspecified atom stereocenters. The number of fused-ring (bicyclic) bond motifs is 15. The maximum absolute atomic E-state index is 6.67. The Morgan fingerprint density at radius 3 is 1.47 bits per heavy atom. The van der Waals surface area contributed by atoms with E-state index in [0.29, 0.717) is 0 Å². The zero-order chi connectivity index (χ0) is 21.1. The summed E-state index contributed by atoms with van der Waals surface area (Å²) in [5.41, 5.74) is 14.6. The fraction of sp³-hybridized carbons (Fsp3) is 0.727. The van der Waals surface area contributed by atoms with Crippen LogP contribution in [-0.4, -0.2) is 84.1 Å². The second kappa shape index (κ2) is 12.0. The molecule has 1 aromatic rings. The highest BCUT2D eigenvalue weighted by atomic mass is 15.1. The van der Waals surface area contributed by atoms with Gasteiger partial charge in [0.2, 0.25) is 0 Å². The van der Waals surface area contributed by atoms with Gasteiger partial charge in [0.25, 0.3) is 0 Å². The van der Waals surface area contributed by atoms with Crippen LogP contribution >= 0.6 is 0 Å². The third-order valence-electron chi connectivity index (χ3n) is 6.29. The largest absolute Gasteiger partial charge is 0.399 e. The number of nitrogens with one attached hydrogen (secondary N) is 6. The Morgan fingerprint density at radius 2 is 1.03 bits per heavy atom. The van der Waals surface area contributed by atoms with Crippen LogP contribution < -0.4 is 43.4 Å². The van der Waals surface area contributed by atoms with Crippen LogP contribution in [0, 0.1) is 5.41 Å². The summed E-state index contributed by atoms with van der Waals surface area (Å²) in [6.07, 6.45) is 2.17. The van der Waals surface area contributed by atoms with Gasteiger partial charge in [0.05, 0.1) is 5.54 Å². The normalized spacial score (nSPS) is 30.4. The van der Waals surface area contributed by atoms with E-state index >= 15 is 0 Å². The summed E-state index contributed by atoms with van der Waals surface area (Å²) in [6, 6.07) is 8.32. The number of benzene rings is 1. The lowest BCUT2D eigenvalue weighted by Crippen LogP contribution is -2.62. The molecule has 0 amide bonds. The number of nitrogens with two attached hydrogens (primary N) is 2. The van der Waals surface area contributed by atoms with Gasteiger partial charge in [0, 0.05) is 89.6 Å². The fourth-order valence-corrected chi connectivity index (χ4v) is 4.34. The van der Waals surface area contributed by atoms with Gasteiger partial charge in [-0.2, -0.15) is 0 Å². The van der Waals surface area contributed by atoms with Crippen molar-refractivity contribution in [1.29, 1.82) is 0 Å². The summed E-state index contributed by atoms with van der Waals surface area (Å²) in [4.78, 5) is 0. The van der Waals surface area contributed by atoms with Crippen molar-refractivity contribution >= 4 is 5.69 Å². The molecule has 3 aliphatic heterocycles. The first kappa shape index (κ1) is 23.4. The van der Waals surface area contributed by atoms with Crippen molar-refractivity contribution in [3.63, 3.8) is 0 Å². The Balaban J connectivity index is 1.70. The van der Waals surface area contributed by atoms with Crippen LogP contribution in [0.5, 0.6) is 0 Å². The summed E-state index contributed by atoms with van der Waals surface area (Å²) < 4.78 is 0. The Kier molecular flexibility index (Phi) is 9.32. The molecular formula is C22H42N8. The van der Waals surface area contributed by atoms with E-state index in [1.807, 2.05) is 12.1 Å². The van der Waals surface area contributed by atoms with Crippen molar-refractivity contribution in [2.75, 3.05) is 84.3 Å². The second-order valence-corrected chi connectivity index (χ2v) is 9.16. The van der Waals surface area contributed by atoms with Crippen LogP contribution in [0.4, 0.5) is 5.69 Å². The van der Waals surface area contributed by atoms with Crippen LogP contribution in [0.3, 0.4) is 0 Å². The fourth-order valence-electron chi connectivity index (χ4n) is 4.34. The average Bonchev–Trinajstić information content (AvgIpc) is 2.74. The topological polar surface area (TPSA) is 124 Å². The second-order valence-electron chi connectivity index (χ2n) is 9.16. The van der Waals surface area contributed by atoms with Crippen molar-refractivity contribution in [3.05, 3.63) is 29.8 Å². The SMILES string of the molecule is Nc1ccc(CCC23CNCCNCC(N)(CNCCNC2)CNCCNC3)cc1.